The lowest BCUT2D eigenvalue weighted by atomic mass is 10.1. The largest absolute Gasteiger partial charge is 0.496 e. The number of methoxy groups -OCH3 is 1. The minimum absolute atomic E-state index is 0.0263. The average Bonchev–Trinajstić information content (AvgIpc) is 3.15. The fourth-order valence-electron chi connectivity index (χ4n) is 4.13. The van der Waals surface area contributed by atoms with Gasteiger partial charge in [-0.2, -0.15) is 0 Å². The van der Waals surface area contributed by atoms with E-state index in [-0.39, 0.29) is 11.8 Å². The number of aromatic nitrogens is 3. The van der Waals surface area contributed by atoms with Gasteiger partial charge in [0.05, 0.1) is 23.7 Å². The van der Waals surface area contributed by atoms with Crippen LogP contribution in [-0.4, -0.2) is 77.9 Å². The van der Waals surface area contributed by atoms with Crippen LogP contribution in [0.5, 0.6) is 11.6 Å². The van der Waals surface area contributed by atoms with Crippen molar-refractivity contribution in [2.45, 2.75) is 25.8 Å². The van der Waals surface area contributed by atoms with E-state index >= 15 is 0 Å². The molecule has 1 aliphatic heterocycles. The summed E-state index contributed by atoms with van der Waals surface area (Å²) in [7, 11) is 5.61. The van der Waals surface area contributed by atoms with E-state index in [1.807, 2.05) is 30.1 Å². The summed E-state index contributed by atoms with van der Waals surface area (Å²) in [5.41, 5.74) is 2.79. The van der Waals surface area contributed by atoms with Crippen molar-refractivity contribution in [3.05, 3.63) is 35.7 Å². The Morgan fingerprint density at radius 1 is 1.15 bits per heavy atom. The highest BCUT2D eigenvalue weighted by atomic mass is 16.5. The Bertz CT molecular complexity index is 1190. The Kier molecular flexibility index (Phi) is 7.27. The van der Waals surface area contributed by atoms with Crippen molar-refractivity contribution >= 4 is 34.7 Å². The van der Waals surface area contributed by atoms with Crippen LogP contribution in [0.25, 0.3) is 11.0 Å². The van der Waals surface area contributed by atoms with E-state index in [9.17, 15) is 9.90 Å². The maximum atomic E-state index is 12.3. The summed E-state index contributed by atoms with van der Waals surface area (Å²) < 4.78 is 5.55. The molecule has 1 amide bonds. The van der Waals surface area contributed by atoms with Crippen molar-refractivity contribution in [1.29, 1.82) is 0 Å². The molecule has 0 saturated carbocycles. The predicted octanol–water partition coefficient (Wildman–Crippen LogP) is 2.59. The van der Waals surface area contributed by atoms with Gasteiger partial charge in [0.25, 0.3) is 0 Å². The molecule has 3 heterocycles. The second kappa shape index (κ2) is 10.5. The Morgan fingerprint density at radius 2 is 2.00 bits per heavy atom. The van der Waals surface area contributed by atoms with E-state index in [1.54, 1.807) is 13.3 Å². The molecule has 2 aromatic heterocycles. The minimum Gasteiger partial charge on any atom is -0.496 e. The molecule has 10 nitrogen and oxygen atoms in total. The molecule has 1 aliphatic rings. The number of rotatable bonds is 1. The Hall–Kier alpha value is -3.66. The van der Waals surface area contributed by atoms with Crippen molar-refractivity contribution in [3.63, 3.8) is 0 Å². The van der Waals surface area contributed by atoms with E-state index in [0.29, 0.717) is 48.5 Å². The number of aliphatic imine (C=N–C) groups is 1. The number of benzene rings is 1. The molecule has 3 aromatic rings. The first-order chi connectivity index (χ1) is 16.5. The highest BCUT2D eigenvalue weighted by Crippen LogP contribution is 2.32. The molecule has 0 atom stereocenters. The fourth-order valence-corrected chi connectivity index (χ4v) is 4.13. The molecule has 3 N–H and O–H groups in total. The number of hydrogen-bond donors (Lipinski definition) is 3. The van der Waals surface area contributed by atoms with Crippen LogP contribution in [0.15, 0.2) is 29.5 Å². The summed E-state index contributed by atoms with van der Waals surface area (Å²) in [6, 6.07) is 5.77. The summed E-state index contributed by atoms with van der Waals surface area (Å²) in [6.07, 6.45) is 5.33. The molecule has 2 bridgehead atoms. The maximum absolute atomic E-state index is 12.3. The van der Waals surface area contributed by atoms with Crippen molar-refractivity contribution < 1.29 is 14.6 Å². The molecule has 1 aromatic carbocycles. The molecule has 34 heavy (non-hydrogen) atoms. The number of fused-ring (bicyclic) bond motifs is 2. The zero-order chi connectivity index (χ0) is 24.1. The van der Waals surface area contributed by atoms with E-state index in [1.165, 1.54) is 6.33 Å². The van der Waals surface area contributed by atoms with Gasteiger partial charge in [-0.15, -0.1) is 0 Å². The molecule has 0 spiro atoms. The van der Waals surface area contributed by atoms with E-state index in [2.05, 4.69) is 37.2 Å². The van der Waals surface area contributed by atoms with Gasteiger partial charge in [-0.25, -0.2) is 9.97 Å². The van der Waals surface area contributed by atoms with Crippen LogP contribution in [0.4, 0.5) is 11.5 Å². The number of nitrogens with zero attached hydrogens (tertiary/aromatic N) is 5. The molecule has 0 unspecified atom stereocenters. The zero-order valence-corrected chi connectivity index (χ0v) is 19.8. The first kappa shape index (κ1) is 23.5. The number of likely N-dealkylation sites (N-methyl/N-ethyl adjacent to an activating group) is 1. The van der Waals surface area contributed by atoms with Gasteiger partial charge >= 0.3 is 0 Å². The number of aromatic amines is 1. The summed E-state index contributed by atoms with van der Waals surface area (Å²) in [5, 5.41) is 14.2. The minimum atomic E-state index is -0.0263. The second-order valence-corrected chi connectivity index (χ2v) is 8.53. The Morgan fingerprint density at radius 3 is 2.82 bits per heavy atom. The molecule has 4 rings (SSSR count). The van der Waals surface area contributed by atoms with Crippen LogP contribution in [0, 0.1) is 0 Å². The van der Waals surface area contributed by atoms with Crippen molar-refractivity contribution in [2.75, 3.05) is 45.7 Å². The lowest BCUT2D eigenvalue weighted by Crippen LogP contribution is -2.33. The number of hydrogen-bond acceptors (Lipinski definition) is 8. The number of nitrogens with one attached hydrogen (secondary N) is 2. The first-order valence-corrected chi connectivity index (χ1v) is 11.4. The summed E-state index contributed by atoms with van der Waals surface area (Å²) >= 11 is 0. The van der Waals surface area contributed by atoms with E-state index in [4.69, 9.17) is 4.74 Å². The van der Waals surface area contributed by atoms with Gasteiger partial charge in [0, 0.05) is 44.9 Å². The molecule has 180 valence electrons. The molecule has 0 saturated heterocycles. The first-order valence-electron chi connectivity index (χ1n) is 11.4. The lowest BCUT2D eigenvalue weighted by Gasteiger charge is -2.19. The van der Waals surface area contributed by atoms with Crippen LogP contribution in [0.3, 0.4) is 0 Å². The van der Waals surface area contributed by atoms with Crippen molar-refractivity contribution in [3.8, 4) is 11.6 Å². The number of anilines is 1. The number of carbonyl (C=O) groups is 1. The lowest BCUT2D eigenvalue weighted by molar-refractivity contribution is -0.121. The second-order valence-electron chi connectivity index (χ2n) is 8.53. The third kappa shape index (κ3) is 5.28. The molecule has 0 aliphatic carbocycles. The molecular weight excluding hydrogens is 434 g/mol. The van der Waals surface area contributed by atoms with Crippen LogP contribution in [-0.2, 0) is 11.3 Å². The van der Waals surface area contributed by atoms with E-state index in [0.717, 1.165) is 36.4 Å². The van der Waals surface area contributed by atoms with Gasteiger partial charge in [0.2, 0.25) is 5.91 Å². The average molecular weight is 466 g/mol. The van der Waals surface area contributed by atoms with Crippen molar-refractivity contribution in [1.82, 2.24) is 25.2 Å². The summed E-state index contributed by atoms with van der Waals surface area (Å²) in [4.78, 5) is 32.6. The van der Waals surface area contributed by atoms with Crippen LogP contribution >= 0.6 is 0 Å². The molecule has 0 fully saturated rings. The SMILES string of the molecule is COc1ccc2cc1CN(C)CCCCC(=O)NCCN(C)c1ncnc3[nH]c(O)c(c13)C=N2. The number of H-pyrrole nitrogens is 1. The zero-order valence-electron chi connectivity index (χ0n) is 19.8. The third-order valence-electron chi connectivity index (χ3n) is 5.96. The van der Waals surface area contributed by atoms with Gasteiger partial charge in [-0.3, -0.25) is 9.79 Å². The highest BCUT2D eigenvalue weighted by molar-refractivity contribution is 6.06. The number of amides is 1. The van der Waals surface area contributed by atoms with Crippen LogP contribution in [0.2, 0.25) is 0 Å². The standard InChI is InChI=1S/C24H31N7O3/c1-30-10-5-4-6-20(32)25-9-11-31(2)23-21-18(24(33)29-22(21)27-15-28-23)13-26-17-7-8-19(34-3)16(12-17)14-30/h7-8,12-13,15,33H,4-6,9-11,14H2,1-3H3,(H,25,32)(H,27,28,29). The number of aromatic hydroxyl groups is 1. The normalized spacial score (nSPS) is 16.6. The number of ether oxygens (including phenoxy) is 1. The smallest absolute Gasteiger partial charge is 0.220 e. The van der Waals surface area contributed by atoms with Crippen LogP contribution in [0.1, 0.15) is 30.4 Å². The number of carbonyl (C=O) groups excluding carboxylic acids is 1. The van der Waals surface area contributed by atoms with Gasteiger partial charge in [0.1, 0.15) is 23.5 Å². The molecular formula is C24H31N7O3. The van der Waals surface area contributed by atoms with Crippen LogP contribution < -0.4 is 15.0 Å². The van der Waals surface area contributed by atoms with Gasteiger partial charge in [0.15, 0.2) is 5.88 Å². The van der Waals surface area contributed by atoms with Gasteiger partial charge < -0.3 is 29.9 Å². The fraction of sp³-hybridized carbons (Fsp3) is 0.417. The maximum Gasteiger partial charge on any atom is 0.220 e. The van der Waals surface area contributed by atoms with Crippen molar-refractivity contribution in [2.24, 2.45) is 4.99 Å². The molecule has 0 radical (unpaired) electrons. The van der Waals surface area contributed by atoms with Gasteiger partial charge in [-0.05, 0) is 44.6 Å². The topological polar surface area (TPSA) is 119 Å². The summed E-state index contributed by atoms with van der Waals surface area (Å²) in [6.45, 7) is 2.62. The highest BCUT2D eigenvalue weighted by Gasteiger charge is 2.18. The van der Waals surface area contributed by atoms with Gasteiger partial charge in [-0.1, -0.05) is 0 Å². The predicted molar refractivity (Wildman–Crippen MR) is 132 cm³/mol. The Balaban J connectivity index is 1.74. The molecule has 10 heteroatoms. The third-order valence-corrected chi connectivity index (χ3v) is 5.96. The monoisotopic (exact) mass is 465 g/mol. The summed E-state index contributed by atoms with van der Waals surface area (Å²) in [5.74, 6) is 1.46. The quantitative estimate of drug-likeness (QED) is 0.505. The van der Waals surface area contributed by atoms with E-state index < -0.39 is 0 Å². The Labute approximate surface area is 198 Å².